The van der Waals surface area contributed by atoms with E-state index in [0.29, 0.717) is 17.1 Å². The van der Waals surface area contributed by atoms with Crippen LogP contribution < -0.4 is 10.5 Å². The summed E-state index contributed by atoms with van der Waals surface area (Å²) in [6.45, 7) is 1.73. The first-order chi connectivity index (χ1) is 8.58. The van der Waals surface area contributed by atoms with Gasteiger partial charge >= 0.3 is 0 Å². The molecular weight excluding hydrogens is 297 g/mol. The molecular formula is C14H13BrFNO. The van der Waals surface area contributed by atoms with E-state index in [1.807, 2.05) is 18.2 Å². The number of benzene rings is 2. The third kappa shape index (κ3) is 2.89. The Morgan fingerprint density at radius 2 is 1.94 bits per heavy atom. The summed E-state index contributed by atoms with van der Waals surface area (Å²) in [5.74, 6) is 0.734. The SMILES string of the molecule is C[C@@H](N)c1c(F)cccc1Oc1cccc(Br)c1. The van der Waals surface area contributed by atoms with Crippen molar-refractivity contribution in [3.63, 3.8) is 0 Å². The summed E-state index contributed by atoms with van der Waals surface area (Å²) in [6.07, 6.45) is 0. The molecule has 2 rings (SSSR count). The molecule has 0 aliphatic heterocycles. The summed E-state index contributed by atoms with van der Waals surface area (Å²) in [5, 5.41) is 0. The van der Waals surface area contributed by atoms with Gasteiger partial charge in [0.2, 0.25) is 0 Å². The minimum atomic E-state index is -0.423. The predicted octanol–water partition coefficient (Wildman–Crippen LogP) is 4.40. The van der Waals surface area contributed by atoms with Gasteiger partial charge in [-0.25, -0.2) is 4.39 Å². The molecule has 2 N–H and O–H groups in total. The molecule has 0 amide bonds. The highest BCUT2D eigenvalue weighted by atomic mass is 79.9. The summed E-state index contributed by atoms with van der Waals surface area (Å²) < 4.78 is 20.3. The van der Waals surface area contributed by atoms with Crippen LogP contribution in [0.1, 0.15) is 18.5 Å². The number of hydrogen-bond acceptors (Lipinski definition) is 2. The summed E-state index contributed by atoms with van der Waals surface area (Å²) in [5.41, 5.74) is 6.16. The fourth-order valence-corrected chi connectivity index (χ4v) is 2.08. The summed E-state index contributed by atoms with van der Waals surface area (Å²) in [6, 6.07) is 11.6. The van der Waals surface area contributed by atoms with Crippen molar-refractivity contribution in [3.8, 4) is 11.5 Å². The van der Waals surface area contributed by atoms with E-state index in [2.05, 4.69) is 15.9 Å². The number of rotatable bonds is 3. The highest BCUT2D eigenvalue weighted by Crippen LogP contribution is 2.31. The van der Waals surface area contributed by atoms with Gasteiger partial charge in [0.05, 0.1) is 0 Å². The topological polar surface area (TPSA) is 35.2 Å². The van der Waals surface area contributed by atoms with Crippen LogP contribution in [0.25, 0.3) is 0 Å². The van der Waals surface area contributed by atoms with Gasteiger partial charge in [0.15, 0.2) is 0 Å². The molecule has 0 saturated heterocycles. The van der Waals surface area contributed by atoms with Gasteiger partial charge in [-0.1, -0.05) is 28.1 Å². The molecule has 18 heavy (non-hydrogen) atoms. The highest BCUT2D eigenvalue weighted by Gasteiger charge is 2.14. The second-order valence-electron chi connectivity index (χ2n) is 4.00. The summed E-state index contributed by atoms with van der Waals surface area (Å²) in [4.78, 5) is 0. The average Bonchev–Trinajstić information content (AvgIpc) is 2.28. The quantitative estimate of drug-likeness (QED) is 0.912. The van der Waals surface area contributed by atoms with Gasteiger partial charge in [0.25, 0.3) is 0 Å². The summed E-state index contributed by atoms with van der Waals surface area (Å²) >= 11 is 3.36. The first kappa shape index (κ1) is 13.1. The fraction of sp³-hybridized carbons (Fsp3) is 0.143. The Balaban J connectivity index is 2.37. The van der Waals surface area contributed by atoms with Crippen molar-refractivity contribution in [2.75, 3.05) is 0 Å². The van der Waals surface area contributed by atoms with E-state index < -0.39 is 6.04 Å². The maximum absolute atomic E-state index is 13.7. The number of nitrogens with two attached hydrogens (primary N) is 1. The third-order valence-corrected chi connectivity index (χ3v) is 2.99. The molecule has 0 bridgehead atoms. The van der Waals surface area contributed by atoms with E-state index in [4.69, 9.17) is 10.5 Å². The van der Waals surface area contributed by atoms with Crippen LogP contribution in [0.3, 0.4) is 0 Å². The van der Waals surface area contributed by atoms with Crippen molar-refractivity contribution >= 4 is 15.9 Å². The van der Waals surface area contributed by atoms with E-state index in [9.17, 15) is 4.39 Å². The molecule has 1 atom stereocenters. The molecule has 2 aromatic rings. The van der Waals surface area contributed by atoms with Gasteiger partial charge < -0.3 is 10.5 Å². The fourth-order valence-electron chi connectivity index (χ4n) is 1.71. The van der Waals surface area contributed by atoms with Gasteiger partial charge in [-0.3, -0.25) is 0 Å². The van der Waals surface area contributed by atoms with Gasteiger partial charge in [0.1, 0.15) is 17.3 Å². The molecule has 0 aliphatic rings. The lowest BCUT2D eigenvalue weighted by molar-refractivity contribution is 0.460. The average molecular weight is 310 g/mol. The molecule has 2 nitrogen and oxygen atoms in total. The first-order valence-electron chi connectivity index (χ1n) is 5.55. The Morgan fingerprint density at radius 3 is 2.61 bits per heavy atom. The Hall–Kier alpha value is -1.39. The van der Waals surface area contributed by atoms with E-state index >= 15 is 0 Å². The molecule has 0 saturated carbocycles. The smallest absolute Gasteiger partial charge is 0.135 e. The predicted molar refractivity (Wildman–Crippen MR) is 73.2 cm³/mol. The second kappa shape index (κ2) is 5.50. The van der Waals surface area contributed by atoms with Crippen molar-refractivity contribution in [3.05, 3.63) is 58.3 Å². The Labute approximate surface area is 114 Å². The van der Waals surface area contributed by atoms with E-state index in [1.165, 1.54) is 6.07 Å². The zero-order chi connectivity index (χ0) is 13.1. The van der Waals surface area contributed by atoms with Crippen LogP contribution in [0, 0.1) is 5.82 Å². The van der Waals surface area contributed by atoms with Crippen molar-refractivity contribution in [1.82, 2.24) is 0 Å². The molecule has 4 heteroatoms. The molecule has 94 valence electrons. The lowest BCUT2D eigenvalue weighted by Crippen LogP contribution is -2.09. The second-order valence-corrected chi connectivity index (χ2v) is 4.92. The van der Waals surface area contributed by atoms with Crippen LogP contribution in [0.5, 0.6) is 11.5 Å². The lowest BCUT2D eigenvalue weighted by Gasteiger charge is -2.14. The molecule has 0 heterocycles. The van der Waals surface area contributed by atoms with Crippen molar-refractivity contribution < 1.29 is 9.13 Å². The van der Waals surface area contributed by atoms with Crippen molar-refractivity contribution in [2.24, 2.45) is 5.73 Å². The Bertz CT molecular complexity index is 557. The van der Waals surface area contributed by atoms with Gasteiger partial charge in [-0.15, -0.1) is 0 Å². The van der Waals surface area contributed by atoms with Crippen LogP contribution >= 0.6 is 15.9 Å². The zero-order valence-electron chi connectivity index (χ0n) is 9.86. The Morgan fingerprint density at radius 1 is 1.22 bits per heavy atom. The maximum Gasteiger partial charge on any atom is 0.135 e. The minimum absolute atomic E-state index is 0.350. The summed E-state index contributed by atoms with van der Waals surface area (Å²) in [7, 11) is 0. The molecule has 0 radical (unpaired) electrons. The Kier molecular flexibility index (Phi) is 3.99. The van der Waals surface area contributed by atoms with Gasteiger partial charge in [-0.2, -0.15) is 0 Å². The molecule has 0 fully saturated rings. The van der Waals surface area contributed by atoms with Crippen molar-refractivity contribution in [1.29, 1.82) is 0 Å². The van der Waals surface area contributed by atoms with Crippen LogP contribution in [0.2, 0.25) is 0 Å². The van der Waals surface area contributed by atoms with Crippen LogP contribution in [0.15, 0.2) is 46.9 Å². The number of ether oxygens (including phenoxy) is 1. The normalized spacial score (nSPS) is 12.2. The largest absolute Gasteiger partial charge is 0.457 e. The van der Waals surface area contributed by atoms with Crippen LogP contribution in [-0.2, 0) is 0 Å². The molecule has 0 unspecified atom stereocenters. The van der Waals surface area contributed by atoms with Crippen LogP contribution in [0.4, 0.5) is 4.39 Å². The highest BCUT2D eigenvalue weighted by molar-refractivity contribution is 9.10. The van der Waals surface area contributed by atoms with Crippen molar-refractivity contribution in [2.45, 2.75) is 13.0 Å². The zero-order valence-corrected chi connectivity index (χ0v) is 11.4. The lowest BCUT2D eigenvalue weighted by atomic mass is 10.1. The maximum atomic E-state index is 13.7. The van der Waals surface area contributed by atoms with Gasteiger partial charge in [0, 0.05) is 16.1 Å². The molecule has 0 aliphatic carbocycles. The van der Waals surface area contributed by atoms with E-state index in [0.717, 1.165) is 4.47 Å². The van der Waals surface area contributed by atoms with Gasteiger partial charge in [-0.05, 0) is 37.3 Å². The molecule has 0 spiro atoms. The third-order valence-electron chi connectivity index (χ3n) is 2.49. The number of halogens is 2. The monoisotopic (exact) mass is 309 g/mol. The number of hydrogen-bond donors (Lipinski definition) is 1. The minimum Gasteiger partial charge on any atom is -0.457 e. The van der Waals surface area contributed by atoms with Crippen LogP contribution in [-0.4, -0.2) is 0 Å². The standard InChI is InChI=1S/C14H13BrFNO/c1-9(17)14-12(16)6-3-7-13(14)18-11-5-2-4-10(15)8-11/h2-9H,17H2,1H3/t9-/m1/s1. The van der Waals surface area contributed by atoms with E-state index in [-0.39, 0.29) is 5.82 Å². The molecule has 2 aromatic carbocycles. The molecule has 0 aromatic heterocycles. The first-order valence-corrected chi connectivity index (χ1v) is 6.34. The van der Waals surface area contributed by atoms with E-state index in [1.54, 1.807) is 25.1 Å².